The zero-order valence-electron chi connectivity index (χ0n) is 7.76. The molecule has 1 aliphatic rings. The molecule has 0 aromatic heterocycles. The minimum atomic E-state index is -0.0313. The Balaban J connectivity index is 2.61. The van der Waals surface area contributed by atoms with E-state index in [1.54, 1.807) is 4.90 Å². The summed E-state index contributed by atoms with van der Waals surface area (Å²) in [6.45, 7) is 4.04. The first kappa shape index (κ1) is 9.48. The first-order chi connectivity index (χ1) is 5.60. The SMILES string of the molecule is CN(C(=O)CN)C1(C)CCNC1. The maximum atomic E-state index is 11.3. The van der Waals surface area contributed by atoms with Gasteiger partial charge in [-0.25, -0.2) is 0 Å². The number of nitrogens with zero attached hydrogens (tertiary/aromatic N) is 1. The molecule has 0 bridgehead atoms. The Morgan fingerprint density at radius 3 is 2.83 bits per heavy atom. The second-order valence-electron chi connectivity index (χ2n) is 3.58. The highest BCUT2D eigenvalue weighted by Gasteiger charge is 2.34. The maximum Gasteiger partial charge on any atom is 0.236 e. The number of hydrogen-bond acceptors (Lipinski definition) is 3. The summed E-state index contributed by atoms with van der Waals surface area (Å²) in [7, 11) is 1.82. The smallest absolute Gasteiger partial charge is 0.236 e. The summed E-state index contributed by atoms with van der Waals surface area (Å²) in [6, 6.07) is 0. The van der Waals surface area contributed by atoms with Gasteiger partial charge in [0.25, 0.3) is 0 Å². The second kappa shape index (κ2) is 3.41. The van der Waals surface area contributed by atoms with Crippen molar-refractivity contribution in [1.82, 2.24) is 10.2 Å². The van der Waals surface area contributed by atoms with Gasteiger partial charge in [0.2, 0.25) is 5.91 Å². The van der Waals surface area contributed by atoms with Gasteiger partial charge in [-0.15, -0.1) is 0 Å². The molecular weight excluding hydrogens is 154 g/mol. The number of hydrogen-bond donors (Lipinski definition) is 2. The summed E-state index contributed by atoms with van der Waals surface area (Å²) in [5.41, 5.74) is 5.26. The average Bonchev–Trinajstić information content (AvgIpc) is 2.50. The normalized spacial score (nSPS) is 28.9. The van der Waals surface area contributed by atoms with E-state index in [0.29, 0.717) is 0 Å². The summed E-state index contributed by atoms with van der Waals surface area (Å²) < 4.78 is 0. The van der Waals surface area contributed by atoms with E-state index in [9.17, 15) is 4.79 Å². The maximum absolute atomic E-state index is 11.3. The fraction of sp³-hybridized carbons (Fsp3) is 0.875. The van der Waals surface area contributed by atoms with Crippen molar-refractivity contribution in [1.29, 1.82) is 0 Å². The van der Waals surface area contributed by atoms with Gasteiger partial charge in [0.1, 0.15) is 0 Å². The van der Waals surface area contributed by atoms with Gasteiger partial charge in [-0.05, 0) is 19.9 Å². The third-order valence-electron chi connectivity index (χ3n) is 2.70. The van der Waals surface area contributed by atoms with Crippen molar-refractivity contribution < 1.29 is 4.79 Å². The van der Waals surface area contributed by atoms with Crippen LogP contribution in [-0.4, -0.2) is 43.0 Å². The molecule has 1 amide bonds. The van der Waals surface area contributed by atoms with Crippen molar-refractivity contribution in [3.8, 4) is 0 Å². The van der Waals surface area contributed by atoms with E-state index in [2.05, 4.69) is 12.2 Å². The Labute approximate surface area is 73.1 Å². The van der Waals surface area contributed by atoms with Gasteiger partial charge < -0.3 is 16.0 Å². The third kappa shape index (κ3) is 1.59. The van der Waals surface area contributed by atoms with Crippen LogP contribution >= 0.6 is 0 Å². The number of amides is 1. The number of nitrogens with two attached hydrogens (primary N) is 1. The molecule has 1 unspecified atom stereocenters. The molecule has 1 aliphatic heterocycles. The van der Waals surface area contributed by atoms with Crippen molar-refractivity contribution in [3.05, 3.63) is 0 Å². The predicted octanol–water partition coefficient (Wildman–Crippen LogP) is -0.844. The van der Waals surface area contributed by atoms with Crippen LogP contribution in [0.15, 0.2) is 0 Å². The zero-order valence-corrected chi connectivity index (χ0v) is 7.76. The Bertz CT molecular complexity index is 175. The molecule has 4 nitrogen and oxygen atoms in total. The first-order valence-electron chi connectivity index (χ1n) is 4.27. The van der Waals surface area contributed by atoms with Crippen molar-refractivity contribution in [2.75, 3.05) is 26.7 Å². The monoisotopic (exact) mass is 171 g/mol. The van der Waals surface area contributed by atoms with Gasteiger partial charge in [-0.3, -0.25) is 4.79 Å². The Kier molecular flexibility index (Phi) is 2.69. The number of likely N-dealkylation sites (N-methyl/N-ethyl adjacent to an activating group) is 1. The number of carbonyl (C=O) groups is 1. The van der Waals surface area contributed by atoms with Crippen LogP contribution in [0.5, 0.6) is 0 Å². The molecular formula is C8H17N3O. The second-order valence-corrected chi connectivity index (χ2v) is 3.58. The topological polar surface area (TPSA) is 58.4 Å². The molecule has 1 atom stereocenters. The number of nitrogens with one attached hydrogen (secondary N) is 1. The minimum Gasteiger partial charge on any atom is -0.338 e. The molecule has 1 heterocycles. The van der Waals surface area contributed by atoms with Crippen molar-refractivity contribution in [2.45, 2.75) is 18.9 Å². The van der Waals surface area contributed by atoms with Gasteiger partial charge in [0, 0.05) is 13.6 Å². The van der Waals surface area contributed by atoms with Crippen LogP contribution in [0.1, 0.15) is 13.3 Å². The molecule has 70 valence electrons. The molecule has 0 radical (unpaired) electrons. The minimum absolute atomic E-state index is 0.0150. The van der Waals surface area contributed by atoms with Crippen LogP contribution in [0.25, 0.3) is 0 Å². The lowest BCUT2D eigenvalue weighted by Gasteiger charge is -2.34. The van der Waals surface area contributed by atoms with Crippen LogP contribution in [0.2, 0.25) is 0 Å². The molecule has 4 heteroatoms. The number of carbonyl (C=O) groups excluding carboxylic acids is 1. The molecule has 1 rings (SSSR count). The lowest BCUT2D eigenvalue weighted by atomic mass is 9.99. The van der Waals surface area contributed by atoms with Gasteiger partial charge in [0.05, 0.1) is 12.1 Å². The van der Waals surface area contributed by atoms with Crippen LogP contribution in [0.3, 0.4) is 0 Å². The molecule has 1 fully saturated rings. The van der Waals surface area contributed by atoms with Crippen LogP contribution in [0.4, 0.5) is 0 Å². The largest absolute Gasteiger partial charge is 0.338 e. The van der Waals surface area contributed by atoms with Gasteiger partial charge in [0.15, 0.2) is 0 Å². The molecule has 0 aromatic carbocycles. The van der Waals surface area contributed by atoms with E-state index in [-0.39, 0.29) is 18.0 Å². The van der Waals surface area contributed by atoms with E-state index in [1.807, 2.05) is 7.05 Å². The summed E-state index contributed by atoms with van der Waals surface area (Å²) in [5, 5.41) is 3.24. The Hall–Kier alpha value is -0.610. The molecule has 0 saturated carbocycles. The highest BCUT2D eigenvalue weighted by molar-refractivity contribution is 5.78. The van der Waals surface area contributed by atoms with Crippen LogP contribution < -0.4 is 11.1 Å². The first-order valence-corrected chi connectivity index (χ1v) is 4.27. The Morgan fingerprint density at radius 1 is 1.75 bits per heavy atom. The van der Waals surface area contributed by atoms with Crippen molar-refractivity contribution >= 4 is 5.91 Å². The molecule has 12 heavy (non-hydrogen) atoms. The number of rotatable bonds is 2. The molecule has 0 spiro atoms. The van der Waals surface area contributed by atoms with Crippen molar-refractivity contribution in [2.24, 2.45) is 5.73 Å². The zero-order chi connectivity index (χ0) is 9.19. The van der Waals surface area contributed by atoms with E-state index in [4.69, 9.17) is 5.73 Å². The third-order valence-corrected chi connectivity index (χ3v) is 2.70. The summed E-state index contributed by atoms with van der Waals surface area (Å²) >= 11 is 0. The van der Waals surface area contributed by atoms with E-state index in [0.717, 1.165) is 19.5 Å². The Morgan fingerprint density at radius 2 is 2.42 bits per heavy atom. The van der Waals surface area contributed by atoms with E-state index >= 15 is 0 Å². The molecule has 0 aliphatic carbocycles. The highest BCUT2D eigenvalue weighted by atomic mass is 16.2. The van der Waals surface area contributed by atoms with Gasteiger partial charge in [-0.2, -0.15) is 0 Å². The quantitative estimate of drug-likeness (QED) is 0.569. The lowest BCUT2D eigenvalue weighted by Crippen LogP contribution is -2.50. The molecule has 1 saturated heterocycles. The standard InChI is InChI=1S/C8H17N3O/c1-8(3-4-10-6-8)11(2)7(12)5-9/h10H,3-6,9H2,1-2H3. The van der Waals surface area contributed by atoms with Crippen molar-refractivity contribution in [3.63, 3.8) is 0 Å². The summed E-state index contributed by atoms with van der Waals surface area (Å²) in [5.74, 6) is 0.0150. The fourth-order valence-electron chi connectivity index (χ4n) is 1.53. The van der Waals surface area contributed by atoms with Gasteiger partial charge in [-0.1, -0.05) is 0 Å². The van der Waals surface area contributed by atoms with Gasteiger partial charge >= 0.3 is 0 Å². The summed E-state index contributed by atoms with van der Waals surface area (Å²) in [4.78, 5) is 13.0. The fourth-order valence-corrected chi connectivity index (χ4v) is 1.53. The highest BCUT2D eigenvalue weighted by Crippen LogP contribution is 2.20. The summed E-state index contributed by atoms with van der Waals surface area (Å²) in [6.07, 6.45) is 1.01. The average molecular weight is 171 g/mol. The lowest BCUT2D eigenvalue weighted by molar-refractivity contribution is -0.132. The molecule has 0 aromatic rings. The van der Waals surface area contributed by atoms with Crippen LogP contribution in [-0.2, 0) is 4.79 Å². The van der Waals surface area contributed by atoms with E-state index in [1.165, 1.54) is 0 Å². The van der Waals surface area contributed by atoms with E-state index < -0.39 is 0 Å². The molecule has 3 N–H and O–H groups in total. The predicted molar refractivity (Wildman–Crippen MR) is 47.7 cm³/mol. The van der Waals surface area contributed by atoms with Crippen LogP contribution in [0, 0.1) is 0 Å².